The molecular formula is C16H27NO3. The molecule has 114 valence electrons. The zero-order valence-electron chi connectivity index (χ0n) is 13.1. The summed E-state index contributed by atoms with van der Waals surface area (Å²) in [7, 11) is 1.63. The number of hydrogen-bond acceptors (Lipinski definition) is 4. The molecule has 0 fully saturated rings. The third kappa shape index (κ3) is 5.70. The van der Waals surface area contributed by atoms with E-state index in [0.717, 1.165) is 17.2 Å². The van der Waals surface area contributed by atoms with E-state index in [0.29, 0.717) is 6.61 Å². The van der Waals surface area contributed by atoms with Crippen LogP contribution in [0.1, 0.15) is 33.6 Å². The Morgan fingerprint density at radius 1 is 1.20 bits per heavy atom. The number of methoxy groups -OCH3 is 1. The first-order chi connectivity index (χ1) is 9.71. The molecule has 1 aromatic carbocycles. The van der Waals surface area contributed by atoms with Crippen LogP contribution in [0.3, 0.4) is 0 Å². The maximum absolute atomic E-state index is 5.57. The van der Waals surface area contributed by atoms with Gasteiger partial charge in [0.15, 0.2) is 11.5 Å². The second-order valence-corrected chi connectivity index (χ2v) is 4.80. The van der Waals surface area contributed by atoms with Crippen molar-refractivity contribution in [2.45, 2.75) is 39.7 Å². The lowest BCUT2D eigenvalue weighted by atomic mass is 10.2. The predicted octanol–water partition coefficient (Wildman–Crippen LogP) is 3.25. The molecule has 0 aromatic heterocycles. The Kier molecular flexibility index (Phi) is 7.88. The number of fused-ring (bicyclic) bond motifs is 1. The highest BCUT2D eigenvalue weighted by molar-refractivity contribution is 5.46. The van der Waals surface area contributed by atoms with Gasteiger partial charge < -0.3 is 19.5 Å². The van der Waals surface area contributed by atoms with Gasteiger partial charge in [0, 0.05) is 6.07 Å². The van der Waals surface area contributed by atoms with Crippen LogP contribution in [0.5, 0.6) is 17.2 Å². The predicted molar refractivity (Wildman–Crippen MR) is 82.0 cm³/mol. The van der Waals surface area contributed by atoms with E-state index in [-0.39, 0.29) is 6.10 Å². The Hall–Kier alpha value is -1.42. The molecule has 1 unspecified atom stereocenters. The highest BCUT2D eigenvalue weighted by Crippen LogP contribution is 2.34. The van der Waals surface area contributed by atoms with Gasteiger partial charge in [-0.15, -0.1) is 0 Å². The summed E-state index contributed by atoms with van der Waals surface area (Å²) in [5, 5.41) is 3.28. The summed E-state index contributed by atoms with van der Waals surface area (Å²) in [6.07, 6.45) is 2.61. The van der Waals surface area contributed by atoms with Gasteiger partial charge in [0.25, 0.3) is 0 Å². The van der Waals surface area contributed by atoms with Crippen LogP contribution >= 0.6 is 0 Å². The zero-order chi connectivity index (χ0) is 14.8. The molecule has 1 aliphatic rings. The van der Waals surface area contributed by atoms with Crippen molar-refractivity contribution in [1.82, 2.24) is 5.32 Å². The van der Waals surface area contributed by atoms with Crippen LogP contribution in [0.4, 0.5) is 0 Å². The summed E-state index contributed by atoms with van der Waals surface area (Å²) in [4.78, 5) is 0. The lowest BCUT2D eigenvalue weighted by molar-refractivity contribution is 0.104. The van der Waals surface area contributed by atoms with Crippen LogP contribution in [0.15, 0.2) is 18.2 Å². The first-order valence-electron chi connectivity index (χ1n) is 7.39. The average molecular weight is 281 g/mol. The lowest BCUT2D eigenvalue weighted by Crippen LogP contribution is -2.25. The first kappa shape index (κ1) is 16.6. The van der Waals surface area contributed by atoms with Gasteiger partial charge in [-0.1, -0.05) is 13.8 Å². The third-order valence-electron chi connectivity index (χ3n) is 2.81. The molecule has 1 heterocycles. The Morgan fingerprint density at radius 3 is 2.50 bits per heavy atom. The summed E-state index contributed by atoms with van der Waals surface area (Å²) in [6.45, 7) is 9.30. The Labute approximate surface area is 122 Å². The monoisotopic (exact) mass is 281 g/mol. The highest BCUT2D eigenvalue weighted by atomic mass is 16.6. The quantitative estimate of drug-likeness (QED) is 0.841. The second-order valence-electron chi connectivity index (χ2n) is 4.80. The number of nitrogens with one attached hydrogen (secondary N) is 1. The largest absolute Gasteiger partial charge is 0.497 e. The molecule has 0 radical (unpaired) electrons. The van der Waals surface area contributed by atoms with Crippen LogP contribution < -0.4 is 19.5 Å². The van der Waals surface area contributed by atoms with E-state index in [1.165, 1.54) is 25.9 Å². The van der Waals surface area contributed by atoms with E-state index >= 15 is 0 Å². The van der Waals surface area contributed by atoms with Crippen LogP contribution in [-0.4, -0.2) is 32.9 Å². The van der Waals surface area contributed by atoms with E-state index in [1.54, 1.807) is 7.11 Å². The van der Waals surface area contributed by atoms with Gasteiger partial charge in [-0.2, -0.15) is 0 Å². The van der Waals surface area contributed by atoms with Crippen molar-refractivity contribution in [3.63, 3.8) is 0 Å². The molecule has 1 N–H and O–H groups in total. The molecule has 0 aliphatic carbocycles. The smallest absolute Gasteiger partial charge is 0.165 e. The van der Waals surface area contributed by atoms with Crippen molar-refractivity contribution in [2.24, 2.45) is 0 Å². The SMILES string of the molecule is CCCNCCC.COc1ccc2c(c1)OC(C)CO2. The number of rotatable bonds is 5. The molecule has 0 bridgehead atoms. The molecular weight excluding hydrogens is 254 g/mol. The molecule has 20 heavy (non-hydrogen) atoms. The third-order valence-corrected chi connectivity index (χ3v) is 2.81. The number of ether oxygens (including phenoxy) is 3. The van der Waals surface area contributed by atoms with Crippen molar-refractivity contribution in [2.75, 3.05) is 26.8 Å². The topological polar surface area (TPSA) is 39.7 Å². The summed E-state index contributed by atoms with van der Waals surface area (Å²) in [5.41, 5.74) is 0. The fourth-order valence-corrected chi connectivity index (χ4v) is 1.76. The fourth-order valence-electron chi connectivity index (χ4n) is 1.76. The zero-order valence-corrected chi connectivity index (χ0v) is 13.1. The van der Waals surface area contributed by atoms with Gasteiger partial charge in [-0.3, -0.25) is 0 Å². The van der Waals surface area contributed by atoms with Crippen molar-refractivity contribution in [3.05, 3.63) is 18.2 Å². The van der Waals surface area contributed by atoms with Crippen LogP contribution in [0.25, 0.3) is 0 Å². The molecule has 0 saturated carbocycles. The molecule has 1 aliphatic heterocycles. The highest BCUT2D eigenvalue weighted by Gasteiger charge is 2.17. The average Bonchev–Trinajstić information content (AvgIpc) is 2.47. The van der Waals surface area contributed by atoms with E-state index < -0.39 is 0 Å². The molecule has 4 heteroatoms. The maximum atomic E-state index is 5.57. The summed E-state index contributed by atoms with van der Waals surface area (Å²) >= 11 is 0. The minimum atomic E-state index is 0.111. The lowest BCUT2D eigenvalue weighted by Gasteiger charge is -2.23. The molecule has 0 amide bonds. The summed E-state index contributed by atoms with van der Waals surface area (Å²) in [6, 6.07) is 5.56. The summed E-state index contributed by atoms with van der Waals surface area (Å²) in [5.74, 6) is 2.34. The van der Waals surface area contributed by atoms with Crippen molar-refractivity contribution in [1.29, 1.82) is 0 Å². The minimum absolute atomic E-state index is 0.111. The van der Waals surface area contributed by atoms with Gasteiger partial charge in [0.1, 0.15) is 18.5 Å². The maximum Gasteiger partial charge on any atom is 0.165 e. The van der Waals surface area contributed by atoms with Gasteiger partial charge in [-0.05, 0) is 45.0 Å². The summed E-state index contributed by atoms with van der Waals surface area (Å²) < 4.78 is 16.1. The fraction of sp³-hybridized carbons (Fsp3) is 0.625. The molecule has 4 nitrogen and oxygen atoms in total. The van der Waals surface area contributed by atoms with E-state index in [1.807, 2.05) is 25.1 Å². The van der Waals surface area contributed by atoms with Crippen molar-refractivity contribution >= 4 is 0 Å². The van der Waals surface area contributed by atoms with Crippen LogP contribution in [0, 0.1) is 0 Å². The normalized spacial score (nSPS) is 16.1. The second kappa shape index (κ2) is 9.48. The number of hydrogen-bond donors (Lipinski definition) is 1. The molecule has 0 saturated heterocycles. The van der Waals surface area contributed by atoms with Crippen molar-refractivity contribution < 1.29 is 14.2 Å². The van der Waals surface area contributed by atoms with E-state index in [9.17, 15) is 0 Å². The van der Waals surface area contributed by atoms with Gasteiger partial charge >= 0.3 is 0 Å². The van der Waals surface area contributed by atoms with Gasteiger partial charge in [0.05, 0.1) is 7.11 Å². The van der Waals surface area contributed by atoms with Crippen molar-refractivity contribution in [3.8, 4) is 17.2 Å². The van der Waals surface area contributed by atoms with Crippen LogP contribution in [0.2, 0.25) is 0 Å². The number of benzene rings is 1. The molecule has 0 spiro atoms. The molecule has 2 rings (SSSR count). The minimum Gasteiger partial charge on any atom is -0.497 e. The Morgan fingerprint density at radius 2 is 1.90 bits per heavy atom. The standard InChI is InChI=1S/C10H12O3.C6H15N/c1-7-6-12-9-4-3-8(11-2)5-10(9)13-7;1-3-5-7-6-4-2/h3-5,7H,6H2,1-2H3;7H,3-6H2,1-2H3. The van der Waals surface area contributed by atoms with E-state index in [2.05, 4.69) is 19.2 Å². The van der Waals surface area contributed by atoms with Crippen LogP contribution in [-0.2, 0) is 0 Å². The Balaban J connectivity index is 0.000000246. The molecule has 1 atom stereocenters. The van der Waals surface area contributed by atoms with Gasteiger partial charge in [-0.25, -0.2) is 0 Å². The molecule has 1 aromatic rings. The van der Waals surface area contributed by atoms with Gasteiger partial charge in [0.2, 0.25) is 0 Å². The first-order valence-corrected chi connectivity index (χ1v) is 7.39. The Bertz CT molecular complexity index is 378. The van der Waals surface area contributed by atoms with E-state index in [4.69, 9.17) is 14.2 Å².